The first-order valence-electron chi connectivity index (χ1n) is 8.47. The Balaban J connectivity index is 1.39. The van der Waals surface area contributed by atoms with Gasteiger partial charge in [0, 0.05) is 56.6 Å². The average molecular weight is 330 g/mol. The number of nitrogens with zero attached hydrogens (tertiary/aromatic N) is 3. The highest BCUT2D eigenvalue weighted by Gasteiger charge is 2.24. The Hall–Kier alpha value is -2.12. The summed E-state index contributed by atoms with van der Waals surface area (Å²) in [5, 5.41) is 3.11. The summed E-state index contributed by atoms with van der Waals surface area (Å²) in [6.45, 7) is 4.75. The number of hydrogen-bond acceptors (Lipinski definition) is 5. The summed E-state index contributed by atoms with van der Waals surface area (Å²) < 4.78 is 12.9. The summed E-state index contributed by atoms with van der Waals surface area (Å²) in [6.07, 6.45) is 7.16. The first kappa shape index (κ1) is 15.4. The number of carbonyl (C=O) groups excluding carboxylic acids is 1. The molecule has 0 radical (unpaired) electrons. The SMILES string of the molecule is O=C(N[C@@H]1CCc2nccn2C1)c1occc1CN1CCOCC1. The predicted molar refractivity (Wildman–Crippen MR) is 86.6 cm³/mol. The molecule has 4 heterocycles. The van der Waals surface area contributed by atoms with Crippen molar-refractivity contribution in [2.45, 2.75) is 32.0 Å². The Kier molecular flexibility index (Phi) is 4.36. The molecule has 0 aliphatic carbocycles. The lowest BCUT2D eigenvalue weighted by molar-refractivity contribution is 0.0339. The van der Waals surface area contributed by atoms with Crippen molar-refractivity contribution in [3.63, 3.8) is 0 Å². The van der Waals surface area contributed by atoms with Gasteiger partial charge in [-0.3, -0.25) is 9.69 Å². The van der Waals surface area contributed by atoms with Gasteiger partial charge in [0.1, 0.15) is 5.82 Å². The molecule has 1 atom stereocenters. The molecule has 2 aliphatic heterocycles. The van der Waals surface area contributed by atoms with Gasteiger partial charge < -0.3 is 19.0 Å². The summed E-state index contributed by atoms with van der Waals surface area (Å²) in [5.41, 5.74) is 0.938. The van der Waals surface area contributed by atoms with Crippen molar-refractivity contribution in [2.24, 2.45) is 0 Å². The largest absolute Gasteiger partial charge is 0.459 e. The summed E-state index contributed by atoms with van der Waals surface area (Å²) in [5.74, 6) is 1.39. The molecule has 1 fully saturated rings. The van der Waals surface area contributed by atoms with Crippen molar-refractivity contribution < 1.29 is 13.9 Å². The molecule has 1 saturated heterocycles. The van der Waals surface area contributed by atoms with Gasteiger partial charge in [0.2, 0.25) is 0 Å². The zero-order valence-electron chi connectivity index (χ0n) is 13.6. The van der Waals surface area contributed by atoms with E-state index in [0.29, 0.717) is 5.76 Å². The van der Waals surface area contributed by atoms with Gasteiger partial charge in [0.15, 0.2) is 5.76 Å². The van der Waals surface area contributed by atoms with Crippen LogP contribution < -0.4 is 5.32 Å². The number of rotatable bonds is 4. The first-order chi connectivity index (χ1) is 11.8. The molecule has 2 aromatic heterocycles. The molecule has 2 aromatic rings. The number of hydrogen-bond donors (Lipinski definition) is 1. The molecule has 7 nitrogen and oxygen atoms in total. The van der Waals surface area contributed by atoms with Gasteiger partial charge in [0.25, 0.3) is 5.91 Å². The number of carbonyl (C=O) groups is 1. The topological polar surface area (TPSA) is 72.5 Å². The fourth-order valence-corrected chi connectivity index (χ4v) is 3.39. The lowest BCUT2D eigenvalue weighted by Crippen LogP contribution is -2.41. The van der Waals surface area contributed by atoms with Crippen LogP contribution in [-0.4, -0.2) is 52.7 Å². The second-order valence-corrected chi connectivity index (χ2v) is 6.37. The lowest BCUT2D eigenvalue weighted by Gasteiger charge is -2.27. The number of amides is 1. The first-order valence-corrected chi connectivity index (χ1v) is 8.47. The van der Waals surface area contributed by atoms with Crippen LogP contribution >= 0.6 is 0 Å². The maximum atomic E-state index is 12.6. The smallest absolute Gasteiger partial charge is 0.287 e. The molecule has 7 heteroatoms. The van der Waals surface area contributed by atoms with E-state index in [0.717, 1.165) is 63.6 Å². The number of nitrogens with one attached hydrogen (secondary N) is 1. The third-order valence-corrected chi connectivity index (χ3v) is 4.72. The minimum atomic E-state index is -0.128. The molecule has 1 N–H and O–H groups in total. The van der Waals surface area contributed by atoms with Crippen molar-refractivity contribution >= 4 is 5.91 Å². The van der Waals surface area contributed by atoms with Crippen molar-refractivity contribution in [3.05, 3.63) is 41.9 Å². The maximum Gasteiger partial charge on any atom is 0.287 e. The van der Waals surface area contributed by atoms with Crippen LogP contribution in [-0.2, 0) is 24.2 Å². The quantitative estimate of drug-likeness (QED) is 0.907. The van der Waals surface area contributed by atoms with E-state index in [1.807, 2.05) is 18.5 Å². The Bertz CT molecular complexity index is 702. The van der Waals surface area contributed by atoms with Gasteiger partial charge in [0.05, 0.1) is 19.5 Å². The van der Waals surface area contributed by atoms with E-state index in [4.69, 9.17) is 9.15 Å². The van der Waals surface area contributed by atoms with Gasteiger partial charge >= 0.3 is 0 Å². The van der Waals surface area contributed by atoms with Crippen LogP contribution in [0.25, 0.3) is 0 Å². The third-order valence-electron chi connectivity index (χ3n) is 4.72. The zero-order chi connectivity index (χ0) is 16.4. The molecule has 0 saturated carbocycles. The molecule has 128 valence electrons. The molecular formula is C17H22N4O3. The second kappa shape index (κ2) is 6.78. The van der Waals surface area contributed by atoms with Gasteiger partial charge in [-0.15, -0.1) is 0 Å². The molecule has 1 amide bonds. The number of fused-ring (bicyclic) bond motifs is 1. The fourth-order valence-electron chi connectivity index (χ4n) is 3.39. The molecule has 4 rings (SSSR count). The highest BCUT2D eigenvalue weighted by Crippen LogP contribution is 2.17. The summed E-state index contributed by atoms with van der Waals surface area (Å²) in [4.78, 5) is 19.2. The summed E-state index contributed by atoms with van der Waals surface area (Å²) in [7, 11) is 0. The van der Waals surface area contributed by atoms with E-state index in [1.165, 1.54) is 0 Å². The van der Waals surface area contributed by atoms with Crippen molar-refractivity contribution in [3.8, 4) is 0 Å². The number of imidazole rings is 1. The van der Waals surface area contributed by atoms with Crippen LogP contribution in [0.1, 0.15) is 28.4 Å². The van der Waals surface area contributed by atoms with E-state index in [9.17, 15) is 4.79 Å². The van der Waals surface area contributed by atoms with Gasteiger partial charge in [-0.2, -0.15) is 0 Å². The maximum absolute atomic E-state index is 12.6. The number of morpholine rings is 1. The van der Waals surface area contributed by atoms with Crippen LogP contribution in [0.15, 0.2) is 29.1 Å². The Morgan fingerprint density at radius 2 is 2.25 bits per heavy atom. The molecule has 24 heavy (non-hydrogen) atoms. The van der Waals surface area contributed by atoms with E-state index in [1.54, 1.807) is 6.26 Å². The predicted octanol–water partition coefficient (Wildman–Crippen LogP) is 1.05. The molecule has 2 aliphatic rings. The molecule has 0 aromatic carbocycles. The molecule has 0 spiro atoms. The highest BCUT2D eigenvalue weighted by atomic mass is 16.5. The van der Waals surface area contributed by atoms with Crippen LogP contribution in [0.4, 0.5) is 0 Å². The average Bonchev–Trinajstić information content (AvgIpc) is 3.24. The monoisotopic (exact) mass is 330 g/mol. The minimum absolute atomic E-state index is 0.112. The molecule has 0 unspecified atom stereocenters. The zero-order valence-corrected chi connectivity index (χ0v) is 13.6. The van der Waals surface area contributed by atoms with Crippen molar-refractivity contribution in [2.75, 3.05) is 26.3 Å². The van der Waals surface area contributed by atoms with Gasteiger partial charge in [-0.05, 0) is 12.5 Å². The van der Waals surface area contributed by atoms with Crippen molar-refractivity contribution in [1.82, 2.24) is 19.8 Å². The summed E-state index contributed by atoms with van der Waals surface area (Å²) in [6, 6.07) is 2.00. The lowest BCUT2D eigenvalue weighted by atomic mass is 10.1. The number of aromatic nitrogens is 2. The normalized spacial score (nSPS) is 21.4. The van der Waals surface area contributed by atoms with Crippen LogP contribution in [0.5, 0.6) is 0 Å². The van der Waals surface area contributed by atoms with Crippen LogP contribution in [0.3, 0.4) is 0 Å². The molecular weight excluding hydrogens is 308 g/mol. The van der Waals surface area contributed by atoms with Gasteiger partial charge in [-0.25, -0.2) is 4.98 Å². The van der Waals surface area contributed by atoms with E-state index in [-0.39, 0.29) is 11.9 Å². The Labute approximate surface area is 140 Å². The number of furan rings is 1. The van der Waals surface area contributed by atoms with Gasteiger partial charge in [-0.1, -0.05) is 0 Å². The van der Waals surface area contributed by atoms with E-state index < -0.39 is 0 Å². The minimum Gasteiger partial charge on any atom is -0.459 e. The van der Waals surface area contributed by atoms with E-state index in [2.05, 4.69) is 19.8 Å². The van der Waals surface area contributed by atoms with Crippen LogP contribution in [0.2, 0.25) is 0 Å². The highest BCUT2D eigenvalue weighted by molar-refractivity contribution is 5.93. The van der Waals surface area contributed by atoms with Crippen LogP contribution in [0, 0.1) is 0 Å². The van der Waals surface area contributed by atoms with Crippen molar-refractivity contribution in [1.29, 1.82) is 0 Å². The van der Waals surface area contributed by atoms with E-state index >= 15 is 0 Å². The summed E-state index contributed by atoms with van der Waals surface area (Å²) >= 11 is 0. The fraction of sp³-hybridized carbons (Fsp3) is 0.529. The number of ether oxygens (including phenoxy) is 1. The Morgan fingerprint density at radius 1 is 1.38 bits per heavy atom. The number of aryl methyl sites for hydroxylation is 1. The standard InChI is InChI=1S/C17H22N4O3/c22-17(19-14-1-2-15-18-4-5-21(15)12-14)16-13(3-8-24-16)11-20-6-9-23-10-7-20/h3-5,8,14H,1-2,6-7,9-12H2,(H,19,22)/t14-/m1/s1. The third kappa shape index (κ3) is 3.22. The Morgan fingerprint density at radius 3 is 3.12 bits per heavy atom. The second-order valence-electron chi connectivity index (χ2n) is 6.37. The molecule has 0 bridgehead atoms.